The lowest BCUT2D eigenvalue weighted by Crippen LogP contribution is -2.39. The quantitative estimate of drug-likeness (QED) is 0.387. The Morgan fingerprint density at radius 3 is 3.00 bits per heavy atom. The summed E-state index contributed by atoms with van der Waals surface area (Å²) in [6.07, 6.45) is 0.438. The number of hydrogen-bond acceptors (Lipinski definition) is 2. The molecular formula is C6H12INO. The largest absolute Gasteiger partial charge is 0.376 e. The molecule has 1 heterocycles. The summed E-state index contributed by atoms with van der Waals surface area (Å²) in [6, 6.07) is 0. The van der Waals surface area contributed by atoms with Crippen molar-refractivity contribution in [1.82, 2.24) is 4.90 Å². The Kier molecular flexibility index (Phi) is 3.21. The van der Waals surface area contributed by atoms with Gasteiger partial charge >= 0.3 is 0 Å². The van der Waals surface area contributed by atoms with Gasteiger partial charge < -0.3 is 4.74 Å². The van der Waals surface area contributed by atoms with Gasteiger partial charge in [0.15, 0.2) is 0 Å². The maximum absolute atomic E-state index is 5.36. The van der Waals surface area contributed by atoms with E-state index in [9.17, 15) is 0 Å². The van der Waals surface area contributed by atoms with E-state index in [4.69, 9.17) is 4.74 Å². The van der Waals surface area contributed by atoms with E-state index in [1.54, 1.807) is 0 Å². The highest BCUT2D eigenvalue weighted by Crippen LogP contribution is 2.04. The van der Waals surface area contributed by atoms with Crippen LogP contribution in [0.5, 0.6) is 0 Å². The van der Waals surface area contributed by atoms with Gasteiger partial charge in [0.25, 0.3) is 0 Å². The van der Waals surface area contributed by atoms with Crippen LogP contribution < -0.4 is 0 Å². The maximum Gasteiger partial charge on any atom is 0.0674 e. The van der Waals surface area contributed by atoms with Crippen molar-refractivity contribution < 1.29 is 4.74 Å². The molecule has 1 saturated heterocycles. The standard InChI is InChI=1S/C6H12INO/c1-6-4-8(5-7)2-3-9-6/h6H,2-5H2,1H3/t6-/m0/s1. The Bertz CT molecular complexity index is 89.1. The van der Waals surface area contributed by atoms with Crippen LogP contribution in [-0.2, 0) is 4.74 Å². The third-order valence-corrected chi connectivity index (χ3v) is 2.46. The van der Waals surface area contributed by atoms with Crippen molar-refractivity contribution in [2.45, 2.75) is 13.0 Å². The molecule has 0 saturated carbocycles. The van der Waals surface area contributed by atoms with Gasteiger partial charge in [-0.15, -0.1) is 0 Å². The zero-order valence-corrected chi connectivity index (χ0v) is 7.80. The van der Waals surface area contributed by atoms with Crippen molar-refractivity contribution in [3.63, 3.8) is 0 Å². The maximum atomic E-state index is 5.36. The van der Waals surface area contributed by atoms with Gasteiger partial charge in [-0.2, -0.15) is 0 Å². The summed E-state index contributed by atoms with van der Waals surface area (Å²) in [5.41, 5.74) is 0. The van der Waals surface area contributed by atoms with E-state index in [0.717, 1.165) is 24.2 Å². The Hall–Kier alpha value is 0.650. The van der Waals surface area contributed by atoms with Crippen molar-refractivity contribution in [2.24, 2.45) is 0 Å². The normalized spacial score (nSPS) is 30.7. The Balaban J connectivity index is 2.23. The molecule has 0 spiro atoms. The zero-order valence-electron chi connectivity index (χ0n) is 5.64. The molecule has 0 unspecified atom stereocenters. The van der Waals surface area contributed by atoms with Crippen LogP contribution in [0.1, 0.15) is 6.92 Å². The molecule has 9 heavy (non-hydrogen) atoms. The number of hydrogen-bond donors (Lipinski definition) is 0. The minimum absolute atomic E-state index is 0.438. The first-order chi connectivity index (χ1) is 4.33. The van der Waals surface area contributed by atoms with Crippen molar-refractivity contribution in [1.29, 1.82) is 0 Å². The van der Waals surface area contributed by atoms with Gasteiger partial charge in [-0.3, -0.25) is 4.90 Å². The summed E-state index contributed by atoms with van der Waals surface area (Å²) in [6.45, 7) is 5.23. The molecule has 3 heteroatoms. The van der Waals surface area contributed by atoms with Crippen LogP contribution in [0.2, 0.25) is 0 Å². The van der Waals surface area contributed by atoms with Gasteiger partial charge in [-0.05, 0) is 6.92 Å². The minimum atomic E-state index is 0.438. The van der Waals surface area contributed by atoms with Gasteiger partial charge in [0.2, 0.25) is 0 Å². The first-order valence-corrected chi connectivity index (χ1v) is 4.75. The number of alkyl halides is 1. The van der Waals surface area contributed by atoms with Gasteiger partial charge in [0.05, 0.1) is 17.3 Å². The SMILES string of the molecule is C[C@H]1CN(CI)CCO1. The summed E-state index contributed by atoms with van der Waals surface area (Å²) in [5.74, 6) is 0. The summed E-state index contributed by atoms with van der Waals surface area (Å²) in [4.78, 5) is 2.40. The Morgan fingerprint density at radius 1 is 1.78 bits per heavy atom. The fraction of sp³-hybridized carbons (Fsp3) is 1.00. The molecule has 2 nitrogen and oxygen atoms in total. The molecule has 1 aliphatic rings. The molecule has 0 aromatic rings. The van der Waals surface area contributed by atoms with Gasteiger partial charge in [-0.1, -0.05) is 22.6 Å². The van der Waals surface area contributed by atoms with Crippen LogP contribution in [0.15, 0.2) is 0 Å². The van der Waals surface area contributed by atoms with Crippen LogP contribution in [0.4, 0.5) is 0 Å². The average Bonchev–Trinajstić information content (AvgIpc) is 1.88. The second-order valence-electron chi connectivity index (χ2n) is 2.38. The van der Waals surface area contributed by atoms with Gasteiger partial charge in [0.1, 0.15) is 0 Å². The van der Waals surface area contributed by atoms with Crippen LogP contribution in [-0.4, -0.2) is 35.3 Å². The highest BCUT2D eigenvalue weighted by atomic mass is 127. The average molecular weight is 241 g/mol. The molecule has 0 radical (unpaired) electrons. The van der Waals surface area contributed by atoms with E-state index in [-0.39, 0.29) is 0 Å². The summed E-state index contributed by atoms with van der Waals surface area (Å²) in [5, 5.41) is 0. The molecule has 1 atom stereocenters. The molecule has 0 N–H and O–H groups in total. The molecule has 0 aromatic heterocycles. The summed E-state index contributed by atoms with van der Waals surface area (Å²) >= 11 is 2.39. The molecule has 1 aliphatic heterocycles. The van der Waals surface area contributed by atoms with Crippen molar-refractivity contribution in [2.75, 3.05) is 24.2 Å². The summed E-state index contributed by atoms with van der Waals surface area (Å²) < 4.78 is 6.50. The third-order valence-electron chi connectivity index (χ3n) is 1.49. The monoisotopic (exact) mass is 241 g/mol. The molecule has 0 aliphatic carbocycles. The predicted molar refractivity (Wildman–Crippen MR) is 45.9 cm³/mol. The number of halogens is 1. The van der Waals surface area contributed by atoms with E-state index in [2.05, 4.69) is 34.4 Å². The minimum Gasteiger partial charge on any atom is -0.376 e. The molecule has 0 aromatic carbocycles. The Labute approximate surface area is 69.7 Å². The Morgan fingerprint density at radius 2 is 2.56 bits per heavy atom. The molecular weight excluding hydrogens is 229 g/mol. The molecule has 54 valence electrons. The summed E-state index contributed by atoms with van der Waals surface area (Å²) in [7, 11) is 0. The molecule has 1 rings (SSSR count). The number of rotatable bonds is 1. The predicted octanol–water partition coefficient (Wildman–Crippen LogP) is 1.10. The van der Waals surface area contributed by atoms with Gasteiger partial charge in [0, 0.05) is 13.1 Å². The van der Waals surface area contributed by atoms with Crippen LogP contribution in [0, 0.1) is 0 Å². The van der Waals surface area contributed by atoms with Crippen molar-refractivity contribution >= 4 is 22.6 Å². The van der Waals surface area contributed by atoms with Crippen molar-refractivity contribution in [3.8, 4) is 0 Å². The topological polar surface area (TPSA) is 12.5 Å². The fourth-order valence-corrected chi connectivity index (χ4v) is 1.62. The lowest BCUT2D eigenvalue weighted by molar-refractivity contribution is -0.00976. The highest BCUT2D eigenvalue weighted by Gasteiger charge is 2.14. The van der Waals surface area contributed by atoms with Crippen LogP contribution >= 0.6 is 22.6 Å². The van der Waals surface area contributed by atoms with E-state index in [0.29, 0.717) is 6.10 Å². The first-order valence-electron chi connectivity index (χ1n) is 3.23. The smallest absolute Gasteiger partial charge is 0.0674 e. The second kappa shape index (κ2) is 3.73. The second-order valence-corrected chi connectivity index (χ2v) is 3.06. The van der Waals surface area contributed by atoms with E-state index >= 15 is 0 Å². The molecule has 1 fully saturated rings. The molecule has 0 amide bonds. The molecule has 0 bridgehead atoms. The highest BCUT2D eigenvalue weighted by molar-refractivity contribution is 14.1. The van der Waals surface area contributed by atoms with Crippen molar-refractivity contribution in [3.05, 3.63) is 0 Å². The first kappa shape index (κ1) is 7.75. The number of morpholine rings is 1. The van der Waals surface area contributed by atoms with E-state index < -0.39 is 0 Å². The van der Waals surface area contributed by atoms with Crippen LogP contribution in [0.3, 0.4) is 0 Å². The lowest BCUT2D eigenvalue weighted by Gasteiger charge is -2.29. The van der Waals surface area contributed by atoms with Crippen LogP contribution in [0.25, 0.3) is 0 Å². The lowest BCUT2D eigenvalue weighted by atomic mass is 10.3. The third kappa shape index (κ3) is 2.39. The van der Waals surface area contributed by atoms with E-state index in [1.165, 1.54) is 0 Å². The fourth-order valence-electron chi connectivity index (χ4n) is 0.999. The van der Waals surface area contributed by atoms with Gasteiger partial charge in [-0.25, -0.2) is 0 Å². The zero-order chi connectivity index (χ0) is 6.69. The number of ether oxygens (including phenoxy) is 1. The van der Waals surface area contributed by atoms with E-state index in [1.807, 2.05) is 0 Å². The number of nitrogens with zero attached hydrogens (tertiary/aromatic N) is 1.